The van der Waals surface area contributed by atoms with Crippen LogP contribution in [0.25, 0.3) is 0 Å². The number of hydrogen-bond acceptors (Lipinski definition) is 4. The van der Waals surface area contributed by atoms with Crippen LogP contribution < -0.4 is 5.32 Å². The zero-order chi connectivity index (χ0) is 14.5. The second-order valence-electron chi connectivity index (χ2n) is 4.16. The Morgan fingerprint density at radius 2 is 1.85 bits per heavy atom. The lowest BCUT2D eigenvalue weighted by atomic mass is 10.2. The van der Waals surface area contributed by atoms with E-state index >= 15 is 0 Å². The smallest absolute Gasteiger partial charge is 0.338 e. The van der Waals surface area contributed by atoms with Gasteiger partial charge in [-0.15, -0.1) is 0 Å². The monoisotopic (exact) mass is 273 g/mol. The minimum Gasteiger partial charge on any atom is -0.462 e. The molecule has 0 atom stereocenters. The lowest BCUT2D eigenvalue weighted by molar-refractivity contribution is 0.0526. The number of aryl methyl sites for hydroxylation is 1. The number of nitrogens with one attached hydrogen (secondary N) is 1. The molecule has 0 aliphatic carbocycles. The standard InChI is InChI=1S/C15H15NO4/c1-3-19-15(18)11-5-7-12(8-6-11)16-14(17)13-9-4-10(2)20-13/h4-9H,3H2,1-2H3,(H,16,17). The van der Waals surface area contributed by atoms with E-state index in [1.165, 1.54) is 0 Å². The molecule has 2 aromatic rings. The van der Waals surface area contributed by atoms with E-state index < -0.39 is 0 Å². The summed E-state index contributed by atoms with van der Waals surface area (Å²) in [6.45, 7) is 3.85. The van der Waals surface area contributed by atoms with Crippen molar-refractivity contribution in [3.8, 4) is 0 Å². The molecule has 0 aliphatic heterocycles. The number of carbonyl (C=O) groups is 2. The fourth-order valence-electron chi connectivity index (χ4n) is 1.65. The predicted molar refractivity (Wildman–Crippen MR) is 73.8 cm³/mol. The molecule has 1 heterocycles. The van der Waals surface area contributed by atoms with Crippen LogP contribution in [-0.4, -0.2) is 18.5 Å². The van der Waals surface area contributed by atoms with Crippen LogP contribution in [0.4, 0.5) is 5.69 Å². The molecule has 1 amide bonds. The van der Waals surface area contributed by atoms with Crippen molar-refractivity contribution in [2.75, 3.05) is 11.9 Å². The zero-order valence-electron chi connectivity index (χ0n) is 11.3. The SMILES string of the molecule is CCOC(=O)c1ccc(NC(=O)c2ccc(C)o2)cc1. The second-order valence-corrected chi connectivity index (χ2v) is 4.16. The van der Waals surface area contributed by atoms with Gasteiger partial charge in [-0.2, -0.15) is 0 Å². The van der Waals surface area contributed by atoms with Crippen LogP contribution in [0, 0.1) is 6.92 Å². The molecule has 20 heavy (non-hydrogen) atoms. The molecule has 5 nitrogen and oxygen atoms in total. The lowest BCUT2D eigenvalue weighted by Crippen LogP contribution is -2.11. The Morgan fingerprint density at radius 3 is 2.40 bits per heavy atom. The van der Waals surface area contributed by atoms with Crippen LogP contribution in [0.15, 0.2) is 40.8 Å². The molecule has 1 aromatic heterocycles. The summed E-state index contributed by atoms with van der Waals surface area (Å²) in [5.74, 6) is 0.207. The molecule has 2 rings (SSSR count). The first-order chi connectivity index (χ1) is 9.60. The van der Waals surface area contributed by atoms with E-state index in [-0.39, 0.29) is 17.6 Å². The molecule has 1 N–H and O–H groups in total. The van der Waals surface area contributed by atoms with Gasteiger partial charge in [-0.25, -0.2) is 4.79 Å². The summed E-state index contributed by atoms with van der Waals surface area (Å²) in [5.41, 5.74) is 1.02. The van der Waals surface area contributed by atoms with Crippen molar-refractivity contribution < 1.29 is 18.7 Å². The summed E-state index contributed by atoms with van der Waals surface area (Å²) in [7, 11) is 0. The normalized spacial score (nSPS) is 10.1. The molecule has 5 heteroatoms. The molecule has 0 aliphatic rings. The third-order valence-electron chi connectivity index (χ3n) is 2.62. The predicted octanol–water partition coefficient (Wildman–Crippen LogP) is 3.02. The first-order valence-corrected chi connectivity index (χ1v) is 6.25. The number of amides is 1. The van der Waals surface area contributed by atoms with Gasteiger partial charge in [0.25, 0.3) is 5.91 Å². The number of esters is 1. The maximum absolute atomic E-state index is 11.9. The Labute approximate surface area is 116 Å². The third kappa shape index (κ3) is 3.26. The number of anilines is 1. The maximum atomic E-state index is 11.9. The van der Waals surface area contributed by atoms with Crippen molar-refractivity contribution in [1.82, 2.24) is 0 Å². The first-order valence-electron chi connectivity index (χ1n) is 6.25. The highest BCUT2D eigenvalue weighted by Crippen LogP contribution is 2.13. The van der Waals surface area contributed by atoms with E-state index in [0.717, 1.165) is 0 Å². The molecule has 0 unspecified atom stereocenters. The van der Waals surface area contributed by atoms with Crippen LogP contribution in [0.1, 0.15) is 33.6 Å². The van der Waals surface area contributed by atoms with Gasteiger partial charge in [-0.05, 0) is 50.2 Å². The van der Waals surface area contributed by atoms with Gasteiger partial charge in [0.1, 0.15) is 5.76 Å². The molecule has 104 valence electrons. The minimum absolute atomic E-state index is 0.247. The molecule has 0 fully saturated rings. The molecule has 0 saturated heterocycles. The highest BCUT2D eigenvalue weighted by Gasteiger charge is 2.11. The van der Waals surface area contributed by atoms with Gasteiger partial charge in [0.15, 0.2) is 5.76 Å². The highest BCUT2D eigenvalue weighted by atomic mass is 16.5. The van der Waals surface area contributed by atoms with Gasteiger partial charge in [-0.1, -0.05) is 0 Å². The van der Waals surface area contributed by atoms with Crippen molar-refractivity contribution in [2.24, 2.45) is 0 Å². The van der Waals surface area contributed by atoms with Gasteiger partial charge >= 0.3 is 5.97 Å². The molecule has 0 saturated carbocycles. The van der Waals surface area contributed by atoms with Gasteiger partial charge in [0.2, 0.25) is 0 Å². The number of ether oxygens (including phenoxy) is 1. The molecular weight excluding hydrogens is 258 g/mol. The Balaban J connectivity index is 2.04. The Morgan fingerprint density at radius 1 is 1.15 bits per heavy atom. The molecule has 0 radical (unpaired) electrons. The molecular formula is C15H15NO4. The average Bonchev–Trinajstić information content (AvgIpc) is 2.86. The van der Waals surface area contributed by atoms with Gasteiger partial charge < -0.3 is 14.5 Å². The van der Waals surface area contributed by atoms with E-state index in [1.807, 2.05) is 0 Å². The van der Waals surface area contributed by atoms with Crippen LogP contribution >= 0.6 is 0 Å². The number of furan rings is 1. The van der Waals surface area contributed by atoms with Crippen molar-refractivity contribution >= 4 is 17.6 Å². The number of hydrogen-bond donors (Lipinski definition) is 1. The Bertz CT molecular complexity index is 613. The summed E-state index contributed by atoms with van der Waals surface area (Å²) in [4.78, 5) is 23.3. The van der Waals surface area contributed by atoms with E-state index in [0.29, 0.717) is 23.6 Å². The van der Waals surface area contributed by atoms with E-state index in [9.17, 15) is 9.59 Å². The highest BCUT2D eigenvalue weighted by molar-refractivity contribution is 6.02. The quantitative estimate of drug-likeness (QED) is 0.869. The molecule has 0 bridgehead atoms. The Hall–Kier alpha value is -2.56. The Kier molecular flexibility index (Phi) is 4.20. The summed E-state index contributed by atoms with van der Waals surface area (Å²) in [6.07, 6.45) is 0. The largest absolute Gasteiger partial charge is 0.462 e. The number of carbonyl (C=O) groups excluding carboxylic acids is 2. The average molecular weight is 273 g/mol. The second kappa shape index (κ2) is 6.06. The lowest BCUT2D eigenvalue weighted by Gasteiger charge is -2.05. The zero-order valence-corrected chi connectivity index (χ0v) is 11.3. The molecule has 0 spiro atoms. The summed E-state index contributed by atoms with van der Waals surface area (Å²) >= 11 is 0. The van der Waals surface area contributed by atoms with E-state index in [1.54, 1.807) is 50.2 Å². The third-order valence-corrected chi connectivity index (χ3v) is 2.62. The van der Waals surface area contributed by atoms with Crippen LogP contribution in [0.3, 0.4) is 0 Å². The minimum atomic E-state index is -0.382. The maximum Gasteiger partial charge on any atom is 0.338 e. The van der Waals surface area contributed by atoms with Gasteiger partial charge in [0.05, 0.1) is 12.2 Å². The fraction of sp³-hybridized carbons (Fsp3) is 0.200. The van der Waals surface area contributed by atoms with Crippen LogP contribution in [0.5, 0.6) is 0 Å². The van der Waals surface area contributed by atoms with E-state index in [4.69, 9.17) is 9.15 Å². The van der Waals surface area contributed by atoms with Gasteiger partial charge in [0, 0.05) is 5.69 Å². The summed E-state index contributed by atoms with van der Waals surface area (Å²) < 4.78 is 10.1. The van der Waals surface area contributed by atoms with Crippen molar-refractivity contribution in [2.45, 2.75) is 13.8 Å². The van der Waals surface area contributed by atoms with Crippen molar-refractivity contribution in [1.29, 1.82) is 0 Å². The number of benzene rings is 1. The van der Waals surface area contributed by atoms with Crippen molar-refractivity contribution in [3.05, 3.63) is 53.5 Å². The number of rotatable bonds is 4. The van der Waals surface area contributed by atoms with Gasteiger partial charge in [-0.3, -0.25) is 4.79 Å². The van der Waals surface area contributed by atoms with Crippen LogP contribution in [0.2, 0.25) is 0 Å². The summed E-state index contributed by atoms with van der Waals surface area (Å²) in [5, 5.41) is 2.68. The summed E-state index contributed by atoms with van der Waals surface area (Å²) in [6, 6.07) is 9.80. The fourth-order valence-corrected chi connectivity index (χ4v) is 1.65. The first kappa shape index (κ1) is 13.9. The van der Waals surface area contributed by atoms with Crippen molar-refractivity contribution in [3.63, 3.8) is 0 Å². The topological polar surface area (TPSA) is 68.5 Å². The van der Waals surface area contributed by atoms with Crippen LogP contribution in [-0.2, 0) is 4.74 Å². The van der Waals surface area contributed by atoms with E-state index in [2.05, 4.69) is 5.32 Å². The molecule has 1 aromatic carbocycles.